The third kappa shape index (κ3) is 3.12. The van der Waals surface area contributed by atoms with Crippen molar-refractivity contribution in [1.82, 2.24) is 15.0 Å². The van der Waals surface area contributed by atoms with Crippen LogP contribution in [0.15, 0.2) is 42.5 Å². The number of benzene rings is 2. The standard InChI is InChI=1S/C19H16N4O4/c1-11-18(22-23(21-11)13-6-4-3-5-7-13)19(25)20-15-9-17-16(26-10-27-17)8-14(15)12(2)24/h3-9H,10H2,1-2H3,(H,20,25). The Hall–Kier alpha value is -3.68. The zero-order valence-corrected chi connectivity index (χ0v) is 14.7. The fourth-order valence-electron chi connectivity index (χ4n) is 2.78. The van der Waals surface area contributed by atoms with E-state index in [1.807, 2.05) is 30.3 Å². The molecule has 1 aromatic heterocycles. The number of hydrogen-bond acceptors (Lipinski definition) is 6. The minimum absolute atomic E-state index is 0.0780. The number of carbonyl (C=O) groups is 2. The molecule has 0 spiro atoms. The molecular weight excluding hydrogens is 348 g/mol. The number of Topliss-reactive ketones (excluding diaryl/α,β-unsaturated/α-hetero) is 1. The van der Waals surface area contributed by atoms with Crippen molar-refractivity contribution in [3.63, 3.8) is 0 Å². The van der Waals surface area contributed by atoms with Crippen molar-refractivity contribution in [1.29, 1.82) is 0 Å². The van der Waals surface area contributed by atoms with E-state index >= 15 is 0 Å². The normalized spacial score (nSPS) is 12.1. The van der Waals surface area contributed by atoms with E-state index < -0.39 is 5.91 Å². The number of fused-ring (bicyclic) bond motifs is 1. The van der Waals surface area contributed by atoms with Crippen LogP contribution >= 0.6 is 0 Å². The van der Waals surface area contributed by atoms with Gasteiger partial charge in [-0.2, -0.15) is 9.90 Å². The molecule has 0 radical (unpaired) electrons. The van der Waals surface area contributed by atoms with Crippen molar-refractivity contribution in [2.75, 3.05) is 12.1 Å². The van der Waals surface area contributed by atoms with Crippen molar-refractivity contribution in [3.8, 4) is 17.2 Å². The number of rotatable bonds is 4. The zero-order chi connectivity index (χ0) is 19.0. The molecule has 4 rings (SSSR count). The number of nitrogens with one attached hydrogen (secondary N) is 1. The molecule has 0 aliphatic carbocycles. The Labute approximate surface area is 154 Å². The second kappa shape index (κ2) is 6.56. The Bertz CT molecular complexity index is 1040. The first kappa shape index (κ1) is 16.8. The number of nitrogens with zero attached hydrogens (tertiary/aromatic N) is 3. The van der Waals surface area contributed by atoms with Crippen LogP contribution in [-0.4, -0.2) is 33.5 Å². The first-order valence-electron chi connectivity index (χ1n) is 8.28. The maximum absolute atomic E-state index is 12.7. The largest absolute Gasteiger partial charge is 0.454 e. The van der Waals surface area contributed by atoms with Crippen molar-refractivity contribution in [2.45, 2.75) is 13.8 Å². The number of amides is 1. The highest BCUT2D eigenvalue weighted by Crippen LogP contribution is 2.37. The molecule has 2 heterocycles. The van der Waals surface area contributed by atoms with Crippen LogP contribution in [-0.2, 0) is 0 Å². The predicted molar refractivity (Wildman–Crippen MR) is 96.6 cm³/mol. The van der Waals surface area contributed by atoms with E-state index in [2.05, 4.69) is 15.5 Å². The summed E-state index contributed by atoms with van der Waals surface area (Å²) in [4.78, 5) is 26.1. The lowest BCUT2D eigenvalue weighted by atomic mass is 10.1. The van der Waals surface area contributed by atoms with Gasteiger partial charge in [0.25, 0.3) is 5.91 Å². The molecule has 3 aromatic rings. The van der Waals surface area contributed by atoms with Crippen molar-refractivity contribution in [2.24, 2.45) is 0 Å². The SMILES string of the molecule is CC(=O)c1cc2c(cc1NC(=O)c1nn(-c3ccccc3)nc1C)OCO2. The van der Waals surface area contributed by atoms with E-state index in [1.54, 1.807) is 19.1 Å². The maximum Gasteiger partial charge on any atom is 0.278 e. The number of aryl methyl sites for hydroxylation is 1. The number of ketones is 1. The molecule has 0 saturated carbocycles. The molecule has 1 amide bonds. The summed E-state index contributed by atoms with van der Waals surface area (Å²) >= 11 is 0. The summed E-state index contributed by atoms with van der Waals surface area (Å²) in [5, 5.41) is 11.3. The van der Waals surface area contributed by atoms with Gasteiger partial charge in [0.15, 0.2) is 23.0 Å². The van der Waals surface area contributed by atoms with E-state index in [-0.39, 0.29) is 18.3 Å². The Morgan fingerprint density at radius 2 is 1.78 bits per heavy atom. The number of carbonyl (C=O) groups excluding carboxylic acids is 2. The molecule has 0 saturated heterocycles. The smallest absolute Gasteiger partial charge is 0.278 e. The Morgan fingerprint density at radius 1 is 1.07 bits per heavy atom. The van der Waals surface area contributed by atoms with Crippen LogP contribution in [0.3, 0.4) is 0 Å². The van der Waals surface area contributed by atoms with E-state index in [1.165, 1.54) is 11.7 Å². The van der Waals surface area contributed by atoms with Crippen molar-refractivity contribution in [3.05, 3.63) is 59.4 Å². The van der Waals surface area contributed by atoms with Gasteiger partial charge in [0.2, 0.25) is 6.79 Å². The van der Waals surface area contributed by atoms with Gasteiger partial charge in [-0.15, -0.1) is 5.10 Å². The molecule has 0 fully saturated rings. The summed E-state index contributed by atoms with van der Waals surface area (Å²) in [6.07, 6.45) is 0. The fraction of sp³-hybridized carbons (Fsp3) is 0.158. The average Bonchev–Trinajstić information content (AvgIpc) is 3.27. The number of hydrogen-bond donors (Lipinski definition) is 1. The number of para-hydroxylation sites is 1. The van der Waals surface area contributed by atoms with Gasteiger partial charge in [-0.3, -0.25) is 9.59 Å². The topological polar surface area (TPSA) is 95.3 Å². The highest BCUT2D eigenvalue weighted by Gasteiger charge is 2.23. The van der Waals surface area contributed by atoms with Gasteiger partial charge in [-0.05, 0) is 32.0 Å². The fourth-order valence-corrected chi connectivity index (χ4v) is 2.78. The van der Waals surface area contributed by atoms with Crippen LogP contribution in [0, 0.1) is 6.92 Å². The van der Waals surface area contributed by atoms with Crippen LogP contribution < -0.4 is 14.8 Å². The molecular formula is C19H16N4O4. The van der Waals surface area contributed by atoms with E-state index in [4.69, 9.17) is 9.47 Å². The molecule has 0 bridgehead atoms. The molecule has 1 aliphatic heterocycles. The van der Waals surface area contributed by atoms with Crippen LogP contribution in [0.2, 0.25) is 0 Å². The lowest BCUT2D eigenvalue weighted by Crippen LogP contribution is -2.16. The molecule has 8 nitrogen and oxygen atoms in total. The van der Waals surface area contributed by atoms with Crippen LogP contribution in [0.25, 0.3) is 5.69 Å². The van der Waals surface area contributed by atoms with Gasteiger partial charge in [0.1, 0.15) is 0 Å². The van der Waals surface area contributed by atoms with Crippen molar-refractivity contribution < 1.29 is 19.1 Å². The second-order valence-corrected chi connectivity index (χ2v) is 6.02. The summed E-state index contributed by atoms with van der Waals surface area (Å²) in [5.41, 5.74) is 2.06. The molecule has 0 atom stereocenters. The van der Waals surface area contributed by atoms with E-state index in [9.17, 15) is 9.59 Å². The Morgan fingerprint density at radius 3 is 2.48 bits per heavy atom. The van der Waals surface area contributed by atoms with Gasteiger partial charge in [0.05, 0.1) is 17.1 Å². The third-order valence-electron chi connectivity index (χ3n) is 4.12. The van der Waals surface area contributed by atoms with E-state index in [0.717, 1.165) is 5.69 Å². The molecule has 2 aromatic carbocycles. The number of anilines is 1. The number of ether oxygens (including phenoxy) is 2. The summed E-state index contributed by atoms with van der Waals surface area (Å²) in [6, 6.07) is 12.4. The van der Waals surface area contributed by atoms with Crippen molar-refractivity contribution >= 4 is 17.4 Å². The molecule has 136 valence electrons. The summed E-state index contributed by atoms with van der Waals surface area (Å²) in [6.45, 7) is 3.20. The lowest BCUT2D eigenvalue weighted by Gasteiger charge is -2.09. The molecule has 27 heavy (non-hydrogen) atoms. The highest BCUT2D eigenvalue weighted by atomic mass is 16.7. The van der Waals surface area contributed by atoms with Crippen LogP contribution in [0.1, 0.15) is 33.5 Å². The van der Waals surface area contributed by atoms with Gasteiger partial charge >= 0.3 is 0 Å². The molecule has 8 heteroatoms. The third-order valence-corrected chi connectivity index (χ3v) is 4.12. The van der Waals surface area contributed by atoms with Crippen LogP contribution in [0.4, 0.5) is 5.69 Å². The first-order chi connectivity index (χ1) is 13.0. The van der Waals surface area contributed by atoms with Gasteiger partial charge in [-0.25, -0.2) is 0 Å². The molecule has 1 N–H and O–H groups in total. The highest BCUT2D eigenvalue weighted by molar-refractivity contribution is 6.09. The van der Waals surface area contributed by atoms with E-state index in [0.29, 0.717) is 28.4 Å². The molecule has 1 aliphatic rings. The number of aromatic nitrogens is 3. The van der Waals surface area contributed by atoms with Gasteiger partial charge < -0.3 is 14.8 Å². The Balaban J connectivity index is 1.65. The summed E-state index contributed by atoms with van der Waals surface area (Å²) < 4.78 is 10.6. The lowest BCUT2D eigenvalue weighted by molar-refractivity contribution is 0.101. The quantitative estimate of drug-likeness (QED) is 0.715. The summed E-state index contributed by atoms with van der Waals surface area (Å²) in [7, 11) is 0. The van der Waals surface area contributed by atoms with Gasteiger partial charge in [-0.1, -0.05) is 18.2 Å². The zero-order valence-electron chi connectivity index (χ0n) is 14.7. The maximum atomic E-state index is 12.7. The Kier molecular flexibility index (Phi) is 4.08. The monoisotopic (exact) mass is 364 g/mol. The minimum atomic E-state index is -0.462. The van der Waals surface area contributed by atoms with Crippen LogP contribution in [0.5, 0.6) is 11.5 Å². The average molecular weight is 364 g/mol. The molecule has 0 unspecified atom stereocenters. The van der Waals surface area contributed by atoms with Gasteiger partial charge in [0, 0.05) is 11.6 Å². The minimum Gasteiger partial charge on any atom is -0.454 e. The summed E-state index contributed by atoms with van der Waals surface area (Å²) in [5.74, 6) is 0.286. The first-order valence-corrected chi connectivity index (χ1v) is 8.28. The second-order valence-electron chi connectivity index (χ2n) is 6.02. The predicted octanol–water partition coefficient (Wildman–Crippen LogP) is 2.76.